The molecule has 0 saturated carbocycles. The molecule has 21 heavy (non-hydrogen) atoms. The molecule has 0 spiro atoms. The van der Waals surface area contributed by atoms with Crippen molar-refractivity contribution in [2.75, 3.05) is 0 Å². The highest BCUT2D eigenvalue weighted by molar-refractivity contribution is 9.10. The molecule has 1 amide bonds. The van der Waals surface area contributed by atoms with E-state index in [1.165, 1.54) is 0 Å². The molecule has 106 valence electrons. The first-order valence-electron chi connectivity index (χ1n) is 6.47. The van der Waals surface area contributed by atoms with Gasteiger partial charge in [-0.3, -0.25) is 4.79 Å². The van der Waals surface area contributed by atoms with E-state index in [-0.39, 0.29) is 5.78 Å². The maximum Gasteiger partial charge on any atom is 0.408 e. The molecular formula is C16H12BrNO3. The third kappa shape index (κ3) is 2.83. The number of hydrogen-bond acceptors (Lipinski definition) is 3. The molecule has 0 radical (unpaired) electrons. The van der Waals surface area contributed by atoms with Gasteiger partial charge < -0.3 is 10.1 Å². The SMILES string of the molecule is O=C1N[C@@H](c2ccc(Br)cc2)[C@H](C(=O)c2ccccc2)O1. The molecule has 1 N–H and O–H groups in total. The lowest BCUT2D eigenvalue weighted by Crippen LogP contribution is -2.29. The standard InChI is InChI=1S/C16H12BrNO3/c17-12-8-6-10(7-9-12)13-15(21-16(20)18-13)14(19)11-4-2-1-3-5-11/h1-9,13,15H,(H,18,20)/t13-,15+/m0/s1. The Kier molecular flexibility index (Phi) is 3.75. The zero-order chi connectivity index (χ0) is 14.8. The van der Waals surface area contributed by atoms with E-state index in [2.05, 4.69) is 21.2 Å². The number of ketones is 1. The molecule has 2 aromatic rings. The maximum absolute atomic E-state index is 12.5. The Morgan fingerprint density at radius 2 is 1.71 bits per heavy atom. The largest absolute Gasteiger partial charge is 0.435 e. The fourth-order valence-electron chi connectivity index (χ4n) is 2.32. The van der Waals surface area contributed by atoms with Crippen molar-refractivity contribution in [3.05, 3.63) is 70.2 Å². The molecule has 0 bridgehead atoms. The first kappa shape index (κ1) is 13.8. The molecule has 4 nitrogen and oxygen atoms in total. The minimum absolute atomic E-state index is 0.207. The monoisotopic (exact) mass is 345 g/mol. The van der Waals surface area contributed by atoms with Gasteiger partial charge in [0.05, 0.1) is 0 Å². The number of rotatable bonds is 3. The zero-order valence-corrected chi connectivity index (χ0v) is 12.5. The molecule has 0 unspecified atom stereocenters. The van der Waals surface area contributed by atoms with Gasteiger partial charge in [-0.05, 0) is 17.7 Å². The van der Waals surface area contributed by atoms with Gasteiger partial charge in [0.1, 0.15) is 6.04 Å². The fourth-order valence-corrected chi connectivity index (χ4v) is 2.58. The van der Waals surface area contributed by atoms with E-state index in [1.807, 2.05) is 30.3 Å². The molecule has 3 rings (SSSR count). The van der Waals surface area contributed by atoms with Crippen LogP contribution < -0.4 is 5.32 Å². The molecule has 2 atom stereocenters. The number of amides is 1. The third-order valence-corrected chi connectivity index (χ3v) is 3.88. The number of nitrogens with one attached hydrogen (secondary N) is 1. The summed E-state index contributed by atoms with van der Waals surface area (Å²) < 4.78 is 6.10. The summed E-state index contributed by atoms with van der Waals surface area (Å²) >= 11 is 3.36. The first-order valence-corrected chi connectivity index (χ1v) is 7.26. The Balaban J connectivity index is 1.91. The van der Waals surface area contributed by atoms with Crippen molar-refractivity contribution >= 4 is 27.8 Å². The second-order valence-electron chi connectivity index (χ2n) is 4.73. The van der Waals surface area contributed by atoms with Gasteiger partial charge in [0.15, 0.2) is 6.10 Å². The van der Waals surface area contributed by atoms with Crippen LogP contribution in [-0.2, 0) is 4.74 Å². The van der Waals surface area contributed by atoms with Crippen LogP contribution in [0.15, 0.2) is 59.1 Å². The van der Waals surface area contributed by atoms with Gasteiger partial charge in [0.25, 0.3) is 0 Å². The smallest absolute Gasteiger partial charge is 0.408 e. The Labute approximate surface area is 130 Å². The molecular weight excluding hydrogens is 334 g/mol. The predicted molar refractivity (Wildman–Crippen MR) is 81.1 cm³/mol. The maximum atomic E-state index is 12.5. The van der Waals surface area contributed by atoms with Crippen LogP contribution in [0, 0.1) is 0 Å². The van der Waals surface area contributed by atoms with Gasteiger partial charge in [0, 0.05) is 10.0 Å². The summed E-state index contributed by atoms with van der Waals surface area (Å²) in [5.74, 6) is -0.207. The molecule has 1 aliphatic heterocycles. The highest BCUT2D eigenvalue weighted by atomic mass is 79.9. The fraction of sp³-hybridized carbons (Fsp3) is 0.125. The van der Waals surface area contributed by atoms with E-state index in [4.69, 9.17) is 4.74 Å². The van der Waals surface area contributed by atoms with E-state index < -0.39 is 18.2 Å². The highest BCUT2D eigenvalue weighted by Crippen LogP contribution is 2.28. The van der Waals surface area contributed by atoms with Crippen molar-refractivity contribution in [3.63, 3.8) is 0 Å². The summed E-state index contributed by atoms with van der Waals surface area (Å²) in [6.07, 6.45) is -1.42. The number of cyclic esters (lactones) is 1. The normalized spacial score (nSPS) is 20.7. The lowest BCUT2D eigenvalue weighted by atomic mass is 9.96. The van der Waals surface area contributed by atoms with Crippen molar-refractivity contribution < 1.29 is 14.3 Å². The molecule has 1 saturated heterocycles. The molecule has 2 aromatic carbocycles. The Morgan fingerprint density at radius 3 is 2.38 bits per heavy atom. The summed E-state index contributed by atoms with van der Waals surface area (Å²) in [5.41, 5.74) is 1.36. The molecule has 1 aliphatic rings. The van der Waals surface area contributed by atoms with Crippen LogP contribution >= 0.6 is 15.9 Å². The highest BCUT2D eigenvalue weighted by Gasteiger charge is 2.40. The summed E-state index contributed by atoms with van der Waals surface area (Å²) in [5, 5.41) is 2.69. The summed E-state index contributed by atoms with van der Waals surface area (Å²) in [6.45, 7) is 0. The summed E-state index contributed by atoms with van der Waals surface area (Å²) in [4.78, 5) is 24.1. The van der Waals surface area contributed by atoms with Crippen molar-refractivity contribution in [1.29, 1.82) is 0 Å². The van der Waals surface area contributed by atoms with Crippen LogP contribution in [0.3, 0.4) is 0 Å². The minimum Gasteiger partial charge on any atom is -0.435 e. The number of ether oxygens (including phenoxy) is 1. The number of halogens is 1. The molecule has 1 heterocycles. The second-order valence-corrected chi connectivity index (χ2v) is 5.65. The van der Waals surface area contributed by atoms with Gasteiger partial charge in [0.2, 0.25) is 5.78 Å². The third-order valence-electron chi connectivity index (χ3n) is 3.36. The Hall–Kier alpha value is -2.14. The summed E-state index contributed by atoms with van der Waals surface area (Å²) in [6, 6.07) is 15.8. The van der Waals surface area contributed by atoms with Gasteiger partial charge in [-0.2, -0.15) is 0 Å². The van der Waals surface area contributed by atoms with Gasteiger partial charge >= 0.3 is 6.09 Å². The molecule has 0 aromatic heterocycles. The lowest BCUT2D eigenvalue weighted by Gasteiger charge is -2.16. The quantitative estimate of drug-likeness (QED) is 0.866. The van der Waals surface area contributed by atoms with Crippen LogP contribution in [0.1, 0.15) is 22.0 Å². The van der Waals surface area contributed by atoms with Crippen molar-refractivity contribution in [2.24, 2.45) is 0 Å². The average Bonchev–Trinajstić information content (AvgIpc) is 2.90. The van der Waals surface area contributed by atoms with Gasteiger partial charge in [-0.25, -0.2) is 4.79 Å². The van der Waals surface area contributed by atoms with Crippen molar-refractivity contribution in [2.45, 2.75) is 12.1 Å². The van der Waals surface area contributed by atoms with Gasteiger partial charge in [-0.15, -0.1) is 0 Å². The van der Waals surface area contributed by atoms with Crippen LogP contribution in [0.25, 0.3) is 0 Å². The van der Waals surface area contributed by atoms with E-state index in [0.29, 0.717) is 5.56 Å². The number of Topliss-reactive ketones (excluding diaryl/α,β-unsaturated/α-hetero) is 1. The number of hydrogen-bond donors (Lipinski definition) is 1. The van der Waals surface area contributed by atoms with E-state index in [0.717, 1.165) is 10.0 Å². The van der Waals surface area contributed by atoms with E-state index >= 15 is 0 Å². The average molecular weight is 346 g/mol. The zero-order valence-electron chi connectivity index (χ0n) is 11.0. The van der Waals surface area contributed by atoms with Crippen LogP contribution in [0.4, 0.5) is 4.79 Å². The second kappa shape index (κ2) is 5.69. The number of benzene rings is 2. The molecule has 5 heteroatoms. The van der Waals surface area contributed by atoms with Crippen LogP contribution in [0.2, 0.25) is 0 Å². The number of carbonyl (C=O) groups is 2. The minimum atomic E-state index is -0.846. The van der Waals surface area contributed by atoms with E-state index in [1.54, 1.807) is 24.3 Å². The topological polar surface area (TPSA) is 55.4 Å². The van der Waals surface area contributed by atoms with Crippen LogP contribution in [-0.4, -0.2) is 18.0 Å². The predicted octanol–water partition coefficient (Wildman–Crippen LogP) is 3.48. The number of alkyl carbamates (subject to hydrolysis) is 1. The summed E-state index contributed by atoms with van der Waals surface area (Å²) in [7, 11) is 0. The Morgan fingerprint density at radius 1 is 1.05 bits per heavy atom. The van der Waals surface area contributed by atoms with Crippen molar-refractivity contribution in [1.82, 2.24) is 5.32 Å². The lowest BCUT2D eigenvalue weighted by molar-refractivity contribution is 0.0721. The van der Waals surface area contributed by atoms with E-state index in [9.17, 15) is 9.59 Å². The van der Waals surface area contributed by atoms with Crippen LogP contribution in [0.5, 0.6) is 0 Å². The first-order chi connectivity index (χ1) is 10.1. The van der Waals surface area contributed by atoms with Crippen molar-refractivity contribution in [3.8, 4) is 0 Å². The molecule has 1 fully saturated rings. The van der Waals surface area contributed by atoms with Gasteiger partial charge in [-0.1, -0.05) is 58.4 Å². The Bertz CT molecular complexity index is 670. The number of carbonyl (C=O) groups excluding carboxylic acids is 2. The molecule has 0 aliphatic carbocycles.